The van der Waals surface area contributed by atoms with Gasteiger partial charge in [-0.05, 0) is 23.3 Å². The van der Waals surface area contributed by atoms with Gasteiger partial charge in [-0.3, -0.25) is 4.79 Å². The van der Waals surface area contributed by atoms with Crippen LogP contribution in [0, 0.1) is 0 Å². The van der Waals surface area contributed by atoms with E-state index in [0.29, 0.717) is 32.3 Å². The van der Waals surface area contributed by atoms with Gasteiger partial charge in [0.2, 0.25) is 5.95 Å². The van der Waals surface area contributed by atoms with E-state index in [9.17, 15) is 4.79 Å². The number of aromatic nitrogens is 2. The highest BCUT2D eigenvalue weighted by atomic mass is 35.5. The highest BCUT2D eigenvalue weighted by Gasteiger charge is 2.21. The molecule has 1 N–H and O–H groups in total. The van der Waals surface area contributed by atoms with Crippen molar-refractivity contribution in [2.75, 3.05) is 31.2 Å². The topological polar surface area (TPSA) is 67.4 Å². The molecule has 2 heterocycles. The van der Waals surface area contributed by atoms with Gasteiger partial charge >= 0.3 is 0 Å². The van der Waals surface area contributed by atoms with Gasteiger partial charge in [0, 0.05) is 13.1 Å². The second-order valence-corrected chi connectivity index (χ2v) is 7.14. The lowest BCUT2D eigenvalue weighted by Crippen LogP contribution is -2.38. The van der Waals surface area contributed by atoms with E-state index in [1.807, 2.05) is 36.1 Å². The molecular weight excluding hydrogens is 376 g/mol. The van der Waals surface area contributed by atoms with Gasteiger partial charge in [0.15, 0.2) is 5.69 Å². The molecule has 4 rings (SSSR count). The van der Waals surface area contributed by atoms with Crippen LogP contribution in [0.15, 0.2) is 48.7 Å². The van der Waals surface area contributed by atoms with Crippen LogP contribution in [0.25, 0.3) is 10.8 Å². The molecule has 1 atom stereocenters. The molecule has 1 aliphatic heterocycles. The summed E-state index contributed by atoms with van der Waals surface area (Å²) in [6.07, 6.45) is 1.48. The second kappa shape index (κ2) is 8.12. The zero-order valence-electron chi connectivity index (χ0n) is 15.6. The molecule has 0 bridgehead atoms. The van der Waals surface area contributed by atoms with E-state index in [4.69, 9.17) is 16.3 Å². The molecular formula is C21H21ClN4O2. The van der Waals surface area contributed by atoms with Crippen LogP contribution < -0.4 is 10.2 Å². The zero-order valence-corrected chi connectivity index (χ0v) is 16.3. The highest BCUT2D eigenvalue weighted by Crippen LogP contribution is 2.25. The standard InChI is InChI=1S/C21H21ClN4O2/c1-14(16-8-4-6-15-5-2-3-7-17(15)16)24-20(27)19-18(22)13-23-21(25-19)26-9-11-28-12-10-26/h2-8,13-14H,9-12H2,1H3,(H,24,27)/t14-/m0/s1. The lowest BCUT2D eigenvalue weighted by atomic mass is 9.99. The summed E-state index contributed by atoms with van der Waals surface area (Å²) >= 11 is 6.23. The van der Waals surface area contributed by atoms with Gasteiger partial charge in [0.05, 0.1) is 30.5 Å². The lowest BCUT2D eigenvalue weighted by molar-refractivity contribution is 0.0935. The largest absolute Gasteiger partial charge is 0.378 e. The van der Waals surface area contributed by atoms with E-state index >= 15 is 0 Å². The summed E-state index contributed by atoms with van der Waals surface area (Å²) in [4.78, 5) is 23.6. The van der Waals surface area contributed by atoms with Gasteiger partial charge in [-0.2, -0.15) is 0 Å². The number of hydrogen-bond donors (Lipinski definition) is 1. The molecule has 0 spiro atoms. The third-order valence-electron chi connectivity index (χ3n) is 4.88. The zero-order chi connectivity index (χ0) is 19.5. The predicted molar refractivity (Wildman–Crippen MR) is 110 cm³/mol. The first-order chi connectivity index (χ1) is 13.6. The van der Waals surface area contributed by atoms with Crippen LogP contribution in [0.1, 0.15) is 29.0 Å². The number of carbonyl (C=O) groups is 1. The molecule has 0 saturated carbocycles. The normalized spacial score (nSPS) is 15.4. The maximum atomic E-state index is 12.9. The molecule has 1 aliphatic rings. The number of nitrogens with one attached hydrogen (secondary N) is 1. The molecule has 1 fully saturated rings. The Balaban J connectivity index is 1.57. The number of nitrogens with zero attached hydrogens (tertiary/aromatic N) is 3. The number of ether oxygens (including phenoxy) is 1. The summed E-state index contributed by atoms with van der Waals surface area (Å²) in [5.41, 5.74) is 1.23. The summed E-state index contributed by atoms with van der Waals surface area (Å²) in [6, 6.07) is 14.0. The van der Waals surface area contributed by atoms with Crippen molar-refractivity contribution in [1.82, 2.24) is 15.3 Å². The fraction of sp³-hybridized carbons (Fsp3) is 0.286. The maximum absolute atomic E-state index is 12.9. The van der Waals surface area contributed by atoms with Gasteiger partial charge in [-0.1, -0.05) is 54.1 Å². The fourth-order valence-corrected chi connectivity index (χ4v) is 3.58. The van der Waals surface area contributed by atoms with E-state index in [-0.39, 0.29) is 22.7 Å². The first kappa shape index (κ1) is 18.7. The Morgan fingerprint density at radius 3 is 2.75 bits per heavy atom. The van der Waals surface area contributed by atoms with Crippen molar-refractivity contribution in [3.05, 3.63) is 64.9 Å². The van der Waals surface area contributed by atoms with Crippen LogP contribution in [-0.4, -0.2) is 42.2 Å². The minimum Gasteiger partial charge on any atom is -0.378 e. The Morgan fingerprint density at radius 2 is 1.93 bits per heavy atom. The van der Waals surface area contributed by atoms with E-state index in [0.717, 1.165) is 16.3 Å². The number of amides is 1. The minimum absolute atomic E-state index is 0.185. The number of fused-ring (bicyclic) bond motifs is 1. The number of benzene rings is 2. The van der Waals surface area contributed by atoms with Gasteiger partial charge in [0.25, 0.3) is 5.91 Å². The van der Waals surface area contributed by atoms with Crippen LogP contribution in [0.4, 0.5) is 5.95 Å². The SMILES string of the molecule is C[C@H](NC(=O)c1nc(N2CCOCC2)ncc1Cl)c1cccc2ccccc12. The Morgan fingerprint density at radius 1 is 1.18 bits per heavy atom. The molecule has 144 valence electrons. The van der Waals surface area contributed by atoms with E-state index < -0.39 is 0 Å². The predicted octanol–water partition coefficient (Wildman–Crippen LogP) is 3.61. The average molecular weight is 397 g/mol. The Labute approximate surface area is 168 Å². The molecule has 0 aliphatic carbocycles. The van der Waals surface area contributed by atoms with Gasteiger partial charge in [-0.15, -0.1) is 0 Å². The first-order valence-corrected chi connectivity index (χ1v) is 9.65. The first-order valence-electron chi connectivity index (χ1n) is 9.27. The van der Waals surface area contributed by atoms with Crippen LogP contribution in [-0.2, 0) is 4.74 Å². The summed E-state index contributed by atoms with van der Waals surface area (Å²) in [6.45, 7) is 4.57. The van der Waals surface area contributed by atoms with E-state index in [2.05, 4.69) is 33.5 Å². The Kier molecular flexibility index (Phi) is 5.41. The number of halogens is 1. The maximum Gasteiger partial charge on any atom is 0.272 e. The van der Waals surface area contributed by atoms with Crippen molar-refractivity contribution in [3.8, 4) is 0 Å². The molecule has 3 aromatic rings. The van der Waals surface area contributed by atoms with E-state index in [1.165, 1.54) is 6.20 Å². The third kappa shape index (κ3) is 3.79. The number of rotatable bonds is 4. The summed E-state index contributed by atoms with van der Waals surface area (Å²) in [5.74, 6) is 0.179. The molecule has 7 heteroatoms. The number of morpholine rings is 1. The number of anilines is 1. The lowest BCUT2D eigenvalue weighted by Gasteiger charge is -2.27. The Hall–Kier alpha value is -2.70. The van der Waals surface area contributed by atoms with Crippen molar-refractivity contribution < 1.29 is 9.53 Å². The minimum atomic E-state index is -0.317. The summed E-state index contributed by atoms with van der Waals surface area (Å²) in [5, 5.41) is 5.50. The van der Waals surface area contributed by atoms with Crippen LogP contribution >= 0.6 is 11.6 Å². The smallest absolute Gasteiger partial charge is 0.272 e. The molecule has 6 nitrogen and oxygen atoms in total. The molecule has 0 radical (unpaired) electrons. The van der Waals surface area contributed by atoms with Crippen molar-refractivity contribution in [3.63, 3.8) is 0 Å². The van der Waals surface area contributed by atoms with Crippen molar-refractivity contribution in [2.45, 2.75) is 13.0 Å². The molecule has 1 amide bonds. The number of carbonyl (C=O) groups excluding carboxylic acids is 1. The van der Waals surface area contributed by atoms with Gasteiger partial charge < -0.3 is 15.0 Å². The third-order valence-corrected chi connectivity index (χ3v) is 5.15. The van der Waals surface area contributed by atoms with Crippen LogP contribution in [0.3, 0.4) is 0 Å². The number of hydrogen-bond acceptors (Lipinski definition) is 5. The monoisotopic (exact) mass is 396 g/mol. The van der Waals surface area contributed by atoms with E-state index in [1.54, 1.807) is 0 Å². The van der Waals surface area contributed by atoms with Crippen molar-refractivity contribution >= 4 is 34.2 Å². The van der Waals surface area contributed by atoms with Crippen molar-refractivity contribution in [1.29, 1.82) is 0 Å². The molecule has 1 saturated heterocycles. The molecule has 28 heavy (non-hydrogen) atoms. The van der Waals surface area contributed by atoms with Crippen LogP contribution in [0.2, 0.25) is 5.02 Å². The van der Waals surface area contributed by atoms with Crippen molar-refractivity contribution in [2.24, 2.45) is 0 Å². The Bertz CT molecular complexity index is 999. The quantitative estimate of drug-likeness (QED) is 0.729. The average Bonchev–Trinajstić information content (AvgIpc) is 2.74. The summed E-state index contributed by atoms with van der Waals surface area (Å²) < 4.78 is 5.36. The molecule has 1 aromatic heterocycles. The fourth-order valence-electron chi connectivity index (χ4n) is 3.40. The van der Waals surface area contributed by atoms with Gasteiger partial charge in [0.1, 0.15) is 0 Å². The van der Waals surface area contributed by atoms with Gasteiger partial charge in [-0.25, -0.2) is 9.97 Å². The highest BCUT2D eigenvalue weighted by molar-refractivity contribution is 6.33. The molecule has 0 unspecified atom stereocenters. The van der Waals surface area contributed by atoms with Crippen LogP contribution in [0.5, 0.6) is 0 Å². The molecule has 2 aromatic carbocycles. The summed E-state index contributed by atoms with van der Waals surface area (Å²) in [7, 11) is 0. The second-order valence-electron chi connectivity index (χ2n) is 6.73.